The standard InChI is InChI=1S/C23H33N3O3S/c1-6-26(7-2)30(28,29)21-15-20(14-13-18(21)5)25-22(27)16-24-23(17(3)4)19-11-9-8-10-12-19/h8-15,17,23-24H,6-7,16H2,1-5H3,(H,25,27)/t23-/m0/s1. The first-order chi connectivity index (χ1) is 14.2. The highest BCUT2D eigenvalue weighted by Gasteiger charge is 2.24. The lowest BCUT2D eigenvalue weighted by molar-refractivity contribution is -0.115. The molecule has 7 heteroatoms. The number of rotatable bonds is 10. The summed E-state index contributed by atoms with van der Waals surface area (Å²) in [5.41, 5.74) is 2.25. The average molecular weight is 432 g/mol. The second kappa shape index (κ2) is 10.7. The van der Waals surface area contributed by atoms with Gasteiger partial charge in [0.1, 0.15) is 0 Å². The van der Waals surface area contributed by atoms with Gasteiger partial charge in [-0.2, -0.15) is 4.31 Å². The summed E-state index contributed by atoms with van der Waals surface area (Å²) in [7, 11) is -3.60. The van der Waals surface area contributed by atoms with E-state index in [1.54, 1.807) is 19.1 Å². The maximum absolute atomic E-state index is 12.9. The minimum atomic E-state index is -3.60. The lowest BCUT2D eigenvalue weighted by atomic mass is 9.96. The molecule has 0 aliphatic rings. The highest BCUT2D eigenvalue weighted by Crippen LogP contribution is 2.24. The van der Waals surface area contributed by atoms with Crippen LogP contribution in [0.25, 0.3) is 0 Å². The van der Waals surface area contributed by atoms with E-state index in [4.69, 9.17) is 0 Å². The molecule has 0 spiro atoms. The van der Waals surface area contributed by atoms with E-state index in [0.29, 0.717) is 30.3 Å². The van der Waals surface area contributed by atoms with Gasteiger partial charge in [0, 0.05) is 24.8 Å². The van der Waals surface area contributed by atoms with Crippen molar-refractivity contribution in [1.82, 2.24) is 9.62 Å². The van der Waals surface area contributed by atoms with Gasteiger partial charge in [-0.15, -0.1) is 0 Å². The topological polar surface area (TPSA) is 78.5 Å². The number of amides is 1. The SMILES string of the molecule is CCN(CC)S(=O)(=O)c1cc(NC(=O)CN[C@H](c2ccccc2)C(C)C)ccc1C. The smallest absolute Gasteiger partial charge is 0.243 e. The van der Waals surface area contributed by atoms with Crippen LogP contribution in [-0.2, 0) is 14.8 Å². The molecule has 0 unspecified atom stereocenters. The number of aryl methyl sites for hydroxylation is 1. The van der Waals surface area contributed by atoms with Crippen molar-refractivity contribution in [2.45, 2.75) is 45.6 Å². The van der Waals surface area contributed by atoms with Gasteiger partial charge < -0.3 is 10.6 Å². The van der Waals surface area contributed by atoms with Crippen molar-refractivity contribution in [3.05, 3.63) is 59.7 Å². The fourth-order valence-corrected chi connectivity index (χ4v) is 5.17. The second-order valence-electron chi connectivity index (χ2n) is 7.63. The zero-order valence-electron chi connectivity index (χ0n) is 18.5. The summed E-state index contributed by atoms with van der Waals surface area (Å²) in [6.45, 7) is 10.5. The zero-order valence-corrected chi connectivity index (χ0v) is 19.3. The number of hydrogen-bond acceptors (Lipinski definition) is 4. The maximum atomic E-state index is 12.9. The maximum Gasteiger partial charge on any atom is 0.243 e. The summed E-state index contributed by atoms with van der Waals surface area (Å²) in [6, 6.07) is 15.1. The molecule has 30 heavy (non-hydrogen) atoms. The van der Waals surface area contributed by atoms with Gasteiger partial charge in [0.15, 0.2) is 0 Å². The molecular weight excluding hydrogens is 398 g/mol. The van der Waals surface area contributed by atoms with E-state index in [9.17, 15) is 13.2 Å². The van der Waals surface area contributed by atoms with Crippen LogP contribution in [0.3, 0.4) is 0 Å². The summed E-state index contributed by atoms with van der Waals surface area (Å²) >= 11 is 0. The van der Waals surface area contributed by atoms with Gasteiger partial charge >= 0.3 is 0 Å². The minimum Gasteiger partial charge on any atom is -0.325 e. The van der Waals surface area contributed by atoms with Crippen LogP contribution < -0.4 is 10.6 Å². The molecule has 0 aliphatic carbocycles. The van der Waals surface area contributed by atoms with Crippen LogP contribution in [0.15, 0.2) is 53.4 Å². The van der Waals surface area contributed by atoms with Crippen LogP contribution in [0.4, 0.5) is 5.69 Å². The summed E-state index contributed by atoms with van der Waals surface area (Å²) in [6.07, 6.45) is 0. The Labute approximate surface area is 180 Å². The first-order valence-corrected chi connectivity index (χ1v) is 11.8. The summed E-state index contributed by atoms with van der Waals surface area (Å²) in [5, 5.41) is 6.13. The number of carbonyl (C=O) groups is 1. The van der Waals surface area contributed by atoms with E-state index in [2.05, 4.69) is 24.5 Å². The summed E-state index contributed by atoms with van der Waals surface area (Å²) < 4.78 is 27.2. The molecule has 0 aromatic heterocycles. The molecule has 1 amide bonds. The molecular formula is C23H33N3O3S. The summed E-state index contributed by atoms with van der Waals surface area (Å²) in [5.74, 6) is 0.0945. The van der Waals surface area contributed by atoms with Crippen LogP contribution in [0.2, 0.25) is 0 Å². The van der Waals surface area contributed by atoms with Gasteiger partial charge in [0.25, 0.3) is 0 Å². The predicted octanol–water partition coefficient (Wildman–Crippen LogP) is 3.95. The van der Waals surface area contributed by atoms with Crippen LogP contribution >= 0.6 is 0 Å². The predicted molar refractivity (Wildman–Crippen MR) is 122 cm³/mol. The van der Waals surface area contributed by atoms with Gasteiger partial charge in [-0.1, -0.05) is 64.1 Å². The van der Waals surface area contributed by atoms with E-state index in [1.807, 2.05) is 44.2 Å². The molecule has 0 saturated carbocycles. The Kier molecular flexibility index (Phi) is 8.58. The molecule has 0 fully saturated rings. The third kappa shape index (κ3) is 5.90. The Morgan fingerprint density at radius 2 is 1.67 bits per heavy atom. The van der Waals surface area contributed by atoms with Gasteiger partial charge in [-0.05, 0) is 36.1 Å². The Balaban J connectivity index is 2.12. The van der Waals surface area contributed by atoms with Crippen molar-refractivity contribution in [3.8, 4) is 0 Å². The van der Waals surface area contributed by atoms with Gasteiger partial charge in [0.2, 0.25) is 15.9 Å². The number of carbonyl (C=O) groups excluding carboxylic acids is 1. The van der Waals surface area contributed by atoms with Gasteiger partial charge in [-0.3, -0.25) is 4.79 Å². The van der Waals surface area contributed by atoms with Crippen molar-refractivity contribution in [2.75, 3.05) is 25.0 Å². The number of sulfonamides is 1. The Morgan fingerprint density at radius 3 is 2.23 bits per heavy atom. The first-order valence-electron chi connectivity index (χ1n) is 10.4. The first kappa shape index (κ1) is 24.1. The highest BCUT2D eigenvalue weighted by molar-refractivity contribution is 7.89. The lowest BCUT2D eigenvalue weighted by Gasteiger charge is -2.23. The van der Waals surface area contributed by atoms with Crippen molar-refractivity contribution in [1.29, 1.82) is 0 Å². The lowest BCUT2D eigenvalue weighted by Crippen LogP contribution is -2.34. The van der Waals surface area contributed by atoms with E-state index >= 15 is 0 Å². The van der Waals surface area contributed by atoms with Crippen LogP contribution in [0.1, 0.15) is 44.9 Å². The van der Waals surface area contributed by atoms with Crippen LogP contribution in [0, 0.1) is 12.8 Å². The molecule has 0 radical (unpaired) electrons. The van der Waals surface area contributed by atoms with Crippen molar-refractivity contribution >= 4 is 21.6 Å². The molecule has 2 N–H and O–H groups in total. The quantitative estimate of drug-likeness (QED) is 0.597. The second-order valence-corrected chi connectivity index (χ2v) is 9.54. The molecule has 1 atom stereocenters. The van der Waals surface area contributed by atoms with Crippen molar-refractivity contribution < 1.29 is 13.2 Å². The van der Waals surface area contributed by atoms with Crippen molar-refractivity contribution in [3.63, 3.8) is 0 Å². The van der Waals surface area contributed by atoms with Crippen molar-refractivity contribution in [2.24, 2.45) is 5.92 Å². The molecule has 0 aliphatic heterocycles. The Morgan fingerprint density at radius 1 is 1.03 bits per heavy atom. The number of nitrogens with one attached hydrogen (secondary N) is 2. The minimum absolute atomic E-state index is 0.0496. The molecule has 0 saturated heterocycles. The highest BCUT2D eigenvalue weighted by atomic mass is 32.2. The number of hydrogen-bond donors (Lipinski definition) is 2. The molecule has 0 bridgehead atoms. The summed E-state index contributed by atoms with van der Waals surface area (Å²) in [4.78, 5) is 12.8. The van der Waals surface area contributed by atoms with E-state index in [0.717, 1.165) is 5.56 Å². The molecule has 164 valence electrons. The Bertz CT molecular complexity index is 939. The van der Waals surface area contributed by atoms with Gasteiger partial charge in [-0.25, -0.2) is 8.42 Å². The zero-order chi connectivity index (χ0) is 22.3. The monoisotopic (exact) mass is 431 g/mol. The third-order valence-corrected chi connectivity index (χ3v) is 7.29. The van der Waals surface area contributed by atoms with Crippen LogP contribution in [-0.4, -0.2) is 38.3 Å². The third-order valence-electron chi connectivity index (χ3n) is 5.10. The molecule has 0 heterocycles. The molecule has 2 rings (SSSR count). The largest absolute Gasteiger partial charge is 0.325 e. The molecule has 6 nitrogen and oxygen atoms in total. The number of anilines is 1. The normalized spacial score (nSPS) is 12.9. The van der Waals surface area contributed by atoms with E-state index in [-0.39, 0.29) is 23.4 Å². The number of nitrogens with zero attached hydrogens (tertiary/aromatic N) is 1. The van der Waals surface area contributed by atoms with E-state index < -0.39 is 10.0 Å². The fourth-order valence-electron chi connectivity index (χ4n) is 3.47. The average Bonchev–Trinajstić information content (AvgIpc) is 2.70. The molecule has 2 aromatic carbocycles. The van der Waals surface area contributed by atoms with Gasteiger partial charge in [0.05, 0.1) is 11.4 Å². The van der Waals surface area contributed by atoms with E-state index in [1.165, 1.54) is 10.4 Å². The van der Waals surface area contributed by atoms with Crippen LogP contribution in [0.5, 0.6) is 0 Å². The Hall–Kier alpha value is -2.22. The fraction of sp³-hybridized carbons (Fsp3) is 0.435. The number of benzene rings is 2. The molecule has 2 aromatic rings.